The Morgan fingerprint density at radius 2 is 1.93 bits per heavy atom. The van der Waals surface area contributed by atoms with Crippen LogP contribution in [-0.4, -0.2) is 42.5 Å². The molecule has 0 aliphatic rings. The van der Waals surface area contributed by atoms with E-state index in [1.165, 1.54) is 6.92 Å². The molecule has 0 saturated heterocycles. The SMILES string of the molecule is CCOC(=O)[C@H](C)N(OCC)C(=O)C=O. The highest BCUT2D eigenvalue weighted by molar-refractivity contribution is 6.23. The summed E-state index contributed by atoms with van der Waals surface area (Å²) in [5.74, 6) is -1.52. The van der Waals surface area contributed by atoms with Gasteiger partial charge in [0.15, 0.2) is 6.04 Å². The van der Waals surface area contributed by atoms with Crippen LogP contribution in [-0.2, 0) is 24.0 Å². The molecule has 6 heteroatoms. The fourth-order valence-corrected chi connectivity index (χ4v) is 0.916. The third-order valence-corrected chi connectivity index (χ3v) is 1.57. The Bertz CT molecular complexity index is 241. The summed E-state index contributed by atoms with van der Waals surface area (Å²) in [5.41, 5.74) is 0. The molecule has 0 heterocycles. The summed E-state index contributed by atoms with van der Waals surface area (Å²) in [4.78, 5) is 37.5. The lowest BCUT2D eigenvalue weighted by Crippen LogP contribution is -2.44. The van der Waals surface area contributed by atoms with Gasteiger partial charge in [-0.3, -0.25) is 14.4 Å². The Labute approximate surface area is 88.1 Å². The largest absolute Gasteiger partial charge is 0.464 e. The van der Waals surface area contributed by atoms with E-state index >= 15 is 0 Å². The van der Waals surface area contributed by atoms with E-state index in [1.807, 2.05) is 0 Å². The quantitative estimate of drug-likeness (QED) is 0.269. The van der Waals surface area contributed by atoms with Crippen LogP contribution in [0.3, 0.4) is 0 Å². The highest BCUT2D eigenvalue weighted by atomic mass is 16.7. The molecule has 0 spiro atoms. The second kappa shape index (κ2) is 6.94. The summed E-state index contributed by atoms with van der Waals surface area (Å²) in [6.45, 7) is 5.11. The molecular formula is C9H15NO5. The van der Waals surface area contributed by atoms with E-state index in [2.05, 4.69) is 0 Å². The standard InChI is InChI=1S/C9H15NO5/c1-4-14-9(13)7(3)10(15-5-2)8(12)6-11/h6-7H,4-5H2,1-3H3/t7-/m0/s1. The number of aldehydes is 1. The molecular weight excluding hydrogens is 202 g/mol. The number of esters is 1. The number of carbonyl (C=O) groups is 3. The van der Waals surface area contributed by atoms with Gasteiger partial charge in [0.25, 0.3) is 0 Å². The van der Waals surface area contributed by atoms with E-state index in [-0.39, 0.29) is 19.5 Å². The van der Waals surface area contributed by atoms with Crippen LogP contribution in [0.2, 0.25) is 0 Å². The Kier molecular flexibility index (Phi) is 6.28. The van der Waals surface area contributed by atoms with Gasteiger partial charge in [-0.15, -0.1) is 0 Å². The zero-order valence-electron chi connectivity index (χ0n) is 9.06. The van der Waals surface area contributed by atoms with Crippen LogP contribution in [0.1, 0.15) is 20.8 Å². The molecule has 0 unspecified atom stereocenters. The smallest absolute Gasteiger partial charge is 0.331 e. The van der Waals surface area contributed by atoms with Crippen molar-refractivity contribution in [3.63, 3.8) is 0 Å². The molecule has 0 N–H and O–H groups in total. The first-order valence-electron chi connectivity index (χ1n) is 4.66. The molecule has 0 aromatic carbocycles. The van der Waals surface area contributed by atoms with Gasteiger partial charge < -0.3 is 4.74 Å². The van der Waals surface area contributed by atoms with Gasteiger partial charge in [0, 0.05) is 0 Å². The molecule has 6 nitrogen and oxygen atoms in total. The van der Waals surface area contributed by atoms with E-state index in [0.717, 1.165) is 0 Å². The van der Waals surface area contributed by atoms with Crippen molar-refractivity contribution < 1.29 is 24.0 Å². The number of hydrogen-bond donors (Lipinski definition) is 0. The Balaban J connectivity index is 4.53. The van der Waals surface area contributed by atoms with Crippen molar-refractivity contribution in [2.75, 3.05) is 13.2 Å². The first-order valence-corrected chi connectivity index (χ1v) is 4.66. The molecule has 1 amide bonds. The maximum Gasteiger partial charge on any atom is 0.331 e. The zero-order chi connectivity index (χ0) is 11.8. The van der Waals surface area contributed by atoms with Crippen LogP contribution in [0.4, 0.5) is 0 Å². The van der Waals surface area contributed by atoms with E-state index < -0.39 is 17.9 Å². The van der Waals surface area contributed by atoms with Crippen LogP contribution in [0.15, 0.2) is 0 Å². The predicted molar refractivity (Wildman–Crippen MR) is 50.6 cm³/mol. The molecule has 86 valence electrons. The molecule has 0 saturated carbocycles. The number of rotatable bonds is 6. The van der Waals surface area contributed by atoms with Crippen LogP contribution in [0.25, 0.3) is 0 Å². The summed E-state index contributed by atoms with van der Waals surface area (Å²) in [5, 5.41) is 0.713. The molecule has 15 heavy (non-hydrogen) atoms. The van der Waals surface area contributed by atoms with Crippen molar-refractivity contribution in [3.05, 3.63) is 0 Å². The van der Waals surface area contributed by atoms with Crippen molar-refractivity contribution in [1.82, 2.24) is 5.06 Å². The predicted octanol–water partition coefficient (Wildman–Crippen LogP) is -0.0830. The average Bonchev–Trinajstić information content (AvgIpc) is 2.24. The summed E-state index contributed by atoms with van der Waals surface area (Å²) in [6, 6.07) is -0.928. The maximum atomic E-state index is 11.3. The van der Waals surface area contributed by atoms with E-state index in [1.54, 1.807) is 13.8 Å². The molecule has 0 fully saturated rings. The first kappa shape index (κ1) is 13.6. The van der Waals surface area contributed by atoms with Gasteiger partial charge in [0.05, 0.1) is 13.2 Å². The molecule has 0 aromatic rings. The zero-order valence-corrected chi connectivity index (χ0v) is 9.06. The lowest BCUT2D eigenvalue weighted by molar-refractivity contribution is -0.203. The second-order valence-corrected chi connectivity index (χ2v) is 2.63. The van der Waals surface area contributed by atoms with Gasteiger partial charge in [-0.05, 0) is 20.8 Å². The molecule has 0 aliphatic heterocycles. The second-order valence-electron chi connectivity index (χ2n) is 2.63. The molecule has 0 bridgehead atoms. The van der Waals surface area contributed by atoms with Crippen LogP contribution < -0.4 is 0 Å². The first-order chi connectivity index (χ1) is 7.08. The van der Waals surface area contributed by atoms with Gasteiger partial charge in [0.1, 0.15) is 0 Å². The number of amides is 1. The average molecular weight is 217 g/mol. The molecule has 0 aromatic heterocycles. The minimum Gasteiger partial charge on any atom is -0.464 e. The van der Waals surface area contributed by atoms with E-state index in [9.17, 15) is 14.4 Å². The minimum absolute atomic E-state index is 0.0887. The molecule has 0 rings (SSSR count). The fraction of sp³-hybridized carbons (Fsp3) is 0.667. The number of hydroxylamine groups is 2. The van der Waals surface area contributed by atoms with E-state index in [0.29, 0.717) is 5.06 Å². The molecule has 1 atom stereocenters. The van der Waals surface area contributed by atoms with Crippen molar-refractivity contribution >= 4 is 18.2 Å². The van der Waals surface area contributed by atoms with Gasteiger partial charge in [0.2, 0.25) is 6.29 Å². The number of nitrogens with zero attached hydrogens (tertiary/aromatic N) is 1. The lowest BCUT2D eigenvalue weighted by atomic mass is 10.3. The topological polar surface area (TPSA) is 72.9 Å². The lowest BCUT2D eigenvalue weighted by Gasteiger charge is -2.23. The Hall–Kier alpha value is -1.43. The summed E-state index contributed by atoms with van der Waals surface area (Å²) in [6.07, 6.45) is 0.0887. The molecule has 0 radical (unpaired) electrons. The molecule has 0 aliphatic carbocycles. The summed E-state index contributed by atoms with van der Waals surface area (Å²) < 4.78 is 4.70. The van der Waals surface area contributed by atoms with Crippen molar-refractivity contribution in [1.29, 1.82) is 0 Å². The van der Waals surface area contributed by atoms with Crippen molar-refractivity contribution in [2.45, 2.75) is 26.8 Å². The Morgan fingerprint density at radius 1 is 1.33 bits per heavy atom. The highest BCUT2D eigenvalue weighted by Gasteiger charge is 2.27. The van der Waals surface area contributed by atoms with Gasteiger partial charge >= 0.3 is 11.9 Å². The third kappa shape index (κ3) is 4.07. The number of hydrogen-bond acceptors (Lipinski definition) is 5. The van der Waals surface area contributed by atoms with Crippen molar-refractivity contribution in [2.24, 2.45) is 0 Å². The highest BCUT2D eigenvalue weighted by Crippen LogP contribution is 2.02. The Morgan fingerprint density at radius 3 is 2.33 bits per heavy atom. The number of ether oxygens (including phenoxy) is 1. The van der Waals surface area contributed by atoms with Crippen molar-refractivity contribution in [3.8, 4) is 0 Å². The van der Waals surface area contributed by atoms with E-state index in [4.69, 9.17) is 9.57 Å². The summed E-state index contributed by atoms with van der Waals surface area (Å²) >= 11 is 0. The minimum atomic E-state index is -0.928. The fourth-order valence-electron chi connectivity index (χ4n) is 0.916. The normalized spacial score (nSPS) is 11.7. The monoisotopic (exact) mass is 217 g/mol. The summed E-state index contributed by atoms with van der Waals surface area (Å²) in [7, 11) is 0. The maximum absolute atomic E-state index is 11.3. The van der Waals surface area contributed by atoms with Gasteiger partial charge in [-0.1, -0.05) is 0 Å². The third-order valence-electron chi connectivity index (χ3n) is 1.57. The van der Waals surface area contributed by atoms with Crippen LogP contribution in [0, 0.1) is 0 Å². The van der Waals surface area contributed by atoms with Gasteiger partial charge in [-0.2, -0.15) is 0 Å². The number of carbonyl (C=O) groups excluding carboxylic acids is 3. The van der Waals surface area contributed by atoms with Crippen LogP contribution >= 0.6 is 0 Å². The van der Waals surface area contributed by atoms with Crippen LogP contribution in [0.5, 0.6) is 0 Å². The van der Waals surface area contributed by atoms with Gasteiger partial charge in [-0.25, -0.2) is 9.86 Å².